The number of hydrogen-bond acceptors (Lipinski definition) is 1. The van der Waals surface area contributed by atoms with E-state index >= 15 is 0 Å². The molecule has 1 N–H and O–H groups in total. The summed E-state index contributed by atoms with van der Waals surface area (Å²) < 4.78 is 1.20. The Bertz CT molecular complexity index is 635. The molecule has 3 rings (SSSR count). The first-order valence-corrected chi connectivity index (χ1v) is 8.51. The van der Waals surface area contributed by atoms with Crippen molar-refractivity contribution >= 4 is 15.9 Å². The average molecular weight is 344 g/mol. The maximum Gasteiger partial charge on any atom is 0.0297 e. The van der Waals surface area contributed by atoms with E-state index in [2.05, 4.69) is 77.6 Å². The zero-order valence-electron chi connectivity index (χ0n) is 12.7. The van der Waals surface area contributed by atoms with Gasteiger partial charge in [-0.3, -0.25) is 0 Å². The number of nitrogens with one attached hydrogen (secondary N) is 1. The van der Waals surface area contributed by atoms with Gasteiger partial charge in [0.15, 0.2) is 0 Å². The highest BCUT2D eigenvalue weighted by Gasteiger charge is 2.20. The SMILES string of the molecule is Cc1ccccc1[C@@H](C)NC1CCc2cc(Br)ccc2C1. The molecular weight excluding hydrogens is 322 g/mol. The summed E-state index contributed by atoms with van der Waals surface area (Å²) in [7, 11) is 0. The van der Waals surface area contributed by atoms with E-state index in [0.717, 1.165) is 6.42 Å². The molecule has 0 amide bonds. The summed E-state index contributed by atoms with van der Waals surface area (Å²) in [6.07, 6.45) is 3.53. The largest absolute Gasteiger partial charge is 0.307 e. The molecule has 0 saturated heterocycles. The van der Waals surface area contributed by atoms with Gasteiger partial charge in [-0.25, -0.2) is 0 Å². The van der Waals surface area contributed by atoms with E-state index in [1.54, 1.807) is 0 Å². The Balaban J connectivity index is 1.70. The van der Waals surface area contributed by atoms with Crippen molar-refractivity contribution in [2.75, 3.05) is 0 Å². The third-order valence-electron chi connectivity index (χ3n) is 4.54. The van der Waals surface area contributed by atoms with Crippen LogP contribution in [0, 0.1) is 6.92 Å². The number of fused-ring (bicyclic) bond motifs is 1. The Morgan fingerprint density at radius 1 is 1.14 bits per heavy atom. The molecule has 0 spiro atoms. The van der Waals surface area contributed by atoms with Crippen molar-refractivity contribution in [3.8, 4) is 0 Å². The maximum atomic E-state index is 3.82. The molecule has 1 unspecified atom stereocenters. The molecule has 2 heteroatoms. The summed E-state index contributed by atoms with van der Waals surface area (Å²) in [4.78, 5) is 0. The quantitative estimate of drug-likeness (QED) is 0.829. The van der Waals surface area contributed by atoms with Crippen LogP contribution in [0.25, 0.3) is 0 Å². The van der Waals surface area contributed by atoms with Crippen LogP contribution in [0.5, 0.6) is 0 Å². The van der Waals surface area contributed by atoms with Gasteiger partial charge in [-0.15, -0.1) is 0 Å². The highest BCUT2D eigenvalue weighted by molar-refractivity contribution is 9.10. The van der Waals surface area contributed by atoms with Crippen LogP contribution in [0.15, 0.2) is 46.9 Å². The molecule has 0 fully saturated rings. The molecule has 0 saturated carbocycles. The predicted molar refractivity (Wildman–Crippen MR) is 92.7 cm³/mol. The lowest BCUT2D eigenvalue weighted by atomic mass is 9.87. The Labute approximate surface area is 135 Å². The Kier molecular flexibility index (Phi) is 4.46. The first-order valence-electron chi connectivity index (χ1n) is 7.72. The van der Waals surface area contributed by atoms with Crippen LogP contribution in [0.2, 0.25) is 0 Å². The van der Waals surface area contributed by atoms with E-state index in [1.807, 2.05) is 0 Å². The fourth-order valence-corrected chi connectivity index (χ4v) is 3.79. The van der Waals surface area contributed by atoms with Crippen molar-refractivity contribution < 1.29 is 0 Å². The van der Waals surface area contributed by atoms with Gasteiger partial charge in [0.1, 0.15) is 0 Å². The second-order valence-corrected chi connectivity index (χ2v) is 7.01. The summed E-state index contributed by atoms with van der Waals surface area (Å²) in [6, 6.07) is 16.4. The molecule has 0 bridgehead atoms. The van der Waals surface area contributed by atoms with E-state index in [1.165, 1.54) is 39.6 Å². The highest BCUT2D eigenvalue weighted by atomic mass is 79.9. The van der Waals surface area contributed by atoms with Crippen molar-refractivity contribution in [1.29, 1.82) is 0 Å². The van der Waals surface area contributed by atoms with Crippen molar-refractivity contribution in [2.24, 2.45) is 0 Å². The molecule has 1 aliphatic carbocycles. The van der Waals surface area contributed by atoms with Gasteiger partial charge >= 0.3 is 0 Å². The minimum Gasteiger partial charge on any atom is -0.307 e. The molecule has 1 aliphatic rings. The lowest BCUT2D eigenvalue weighted by Gasteiger charge is -2.29. The molecule has 0 aromatic heterocycles. The minimum atomic E-state index is 0.410. The van der Waals surface area contributed by atoms with Crippen LogP contribution >= 0.6 is 15.9 Å². The fourth-order valence-electron chi connectivity index (χ4n) is 3.38. The zero-order chi connectivity index (χ0) is 14.8. The van der Waals surface area contributed by atoms with Crippen LogP contribution < -0.4 is 5.32 Å². The van der Waals surface area contributed by atoms with Crippen LogP contribution in [0.4, 0.5) is 0 Å². The second kappa shape index (κ2) is 6.33. The van der Waals surface area contributed by atoms with E-state index in [-0.39, 0.29) is 0 Å². The van der Waals surface area contributed by atoms with E-state index in [4.69, 9.17) is 0 Å². The van der Waals surface area contributed by atoms with Gasteiger partial charge in [0.25, 0.3) is 0 Å². The molecule has 2 atom stereocenters. The topological polar surface area (TPSA) is 12.0 Å². The number of benzene rings is 2. The Morgan fingerprint density at radius 3 is 2.76 bits per heavy atom. The third-order valence-corrected chi connectivity index (χ3v) is 5.03. The standard InChI is InChI=1S/C19H22BrN/c1-13-5-3-4-6-19(13)14(2)21-18-10-8-15-11-17(20)9-7-16(15)12-18/h3-7,9,11,14,18,21H,8,10,12H2,1-2H3/t14-,18?/m1/s1. The normalized spacial score (nSPS) is 19.1. The van der Waals surface area contributed by atoms with Gasteiger partial charge in [0.2, 0.25) is 0 Å². The third kappa shape index (κ3) is 3.38. The Hall–Kier alpha value is -1.12. The van der Waals surface area contributed by atoms with Crippen molar-refractivity contribution in [3.63, 3.8) is 0 Å². The van der Waals surface area contributed by atoms with Crippen LogP contribution in [0.1, 0.15) is 41.6 Å². The summed E-state index contributed by atoms with van der Waals surface area (Å²) in [6.45, 7) is 4.47. The second-order valence-electron chi connectivity index (χ2n) is 6.10. The molecule has 1 nitrogen and oxygen atoms in total. The molecule has 21 heavy (non-hydrogen) atoms. The number of aryl methyl sites for hydroxylation is 2. The first-order chi connectivity index (χ1) is 10.1. The van der Waals surface area contributed by atoms with Gasteiger partial charge in [-0.05, 0) is 67.5 Å². The fraction of sp³-hybridized carbons (Fsp3) is 0.368. The van der Waals surface area contributed by atoms with Crippen LogP contribution in [-0.2, 0) is 12.8 Å². The predicted octanol–water partition coefficient (Wildman–Crippen LogP) is 4.97. The smallest absolute Gasteiger partial charge is 0.0297 e. The van der Waals surface area contributed by atoms with Gasteiger partial charge in [0, 0.05) is 16.6 Å². The first kappa shape index (κ1) is 14.8. The molecule has 0 radical (unpaired) electrons. The molecule has 110 valence electrons. The lowest BCUT2D eigenvalue weighted by molar-refractivity contribution is 0.413. The van der Waals surface area contributed by atoms with Crippen molar-refractivity contribution in [1.82, 2.24) is 5.32 Å². The van der Waals surface area contributed by atoms with Gasteiger partial charge in [-0.2, -0.15) is 0 Å². The molecule has 0 heterocycles. The monoisotopic (exact) mass is 343 g/mol. The van der Waals surface area contributed by atoms with Gasteiger partial charge < -0.3 is 5.32 Å². The van der Waals surface area contributed by atoms with E-state index in [0.29, 0.717) is 12.1 Å². The zero-order valence-corrected chi connectivity index (χ0v) is 14.3. The highest BCUT2D eigenvalue weighted by Crippen LogP contribution is 2.26. The Morgan fingerprint density at radius 2 is 1.95 bits per heavy atom. The summed E-state index contributed by atoms with van der Waals surface area (Å²) in [5, 5.41) is 3.82. The lowest BCUT2D eigenvalue weighted by Crippen LogP contribution is -2.36. The minimum absolute atomic E-state index is 0.410. The summed E-state index contributed by atoms with van der Waals surface area (Å²) in [5.41, 5.74) is 5.79. The van der Waals surface area contributed by atoms with Gasteiger partial charge in [0.05, 0.1) is 0 Å². The van der Waals surface area contributed by atoms with E-state index < -0.39 is 0 Å². The molecule has 0 aliphatic heterocycles. The van der Waals surface area contributed by atoms with Crippen molar-refractivity contribution in [2.45, 2.75) is 45.2 Å². The number of hydrogen-bond donors (Lipinski definition) is 1. The van der Waals surface area contributed by atoms with E-state index in [9.17, 15) is 0 Å². The number of halogens is 1. The number of rotatable bonds is 3. The summed E-state index contributed by atoms with van der Waals surface area (Å²) in [5.74, 6) is 0. The van der Waals surface area contributed by atoms with Crippen LogP contribution in [-0.4, -0.2) is 6.04 Å². The average Bonchev–Trinajstić information content (AvgIpc) is 2.48. The van der Waals surface area contributed by atoms with Crippen LogP contribution in [0.3, 0.4) is 0 Å². The molecule has 2 aromatic carbocycles. The maximum absolute atomic E-state index is 3.82. The van der Waals surface area contributed by atoms with Crippen molar-refractivity contribution in [3.05, 3.63) is 69.2 Å². The summed E-state index contributed by atoms with van der Waals surface area (Å²) >= 11 is 3.57. The van der Waals surface area contributed by atoms with Gasteiger partial charge in [-0.1, -0.05) is 46.3 Å². The molecule has 2 aromatic rings. The molecular formula is C19H22BrN.